The number of esters is 2. The van der Waals surface area contributed by atoms with Crippen LogP contribution in [0, 0.1) is 5.41 Å². The molecule has 150 valence electrons. The van der Waals surface area contributed by atoms with Gasteiger partial charge in [-0.1, -0.05) is 63.7 Å². The summed E-state index contributed by atoms with van der Waals surface area (Å²) in [5.74, 6) is -1.06. The summed E-state index contributed by atoms with van der Waals surface area (Å²) in [5.41, 5.74) is -1.32. The van der Waals surface area contributed by atoms with Gasteiger partial charge >= 0.3 is 11.9 Å². The Kier molecular flexibility index (Phi) is 14.7. The molecule has 0 saturated carbocycles. The molecule has 0 aromatic carbocycles. The Balaban J connectivity index is 4.59. The molecule has 0 spiro atoms. The molecule has 0 unspecified atom stereocenters. The fourth-order valence-electron chi connectivity index (χ4n) is 2.91. The molecule has 4 heteroatoms. The number of allylic oxidation sites excluding steroid dienone is 3. The first-order chi connectivity index (χ1) is 12.6. The normalized spacial score (nSPS) is 11.5. The van der Waals surface area contributed by atoms with Crippen LogP contribution in [0.15, 0.2) is 24.8 Å². The van der Waals surface area contributed by atoms with E-state index < -0.39 is 17.4 Å². The fourth-order valence-corrected chi connectivity index (χ4v) is 2.91. The Labute approximate surface area is 160 Å². The molecular weight excluding hydrogens is 328 g/mol. The van der Waals surface area contributed by atoms with Gasteiger partial charge in [-0.05, 0) is 39.5 Å². The number of carbonyl (C=O) groups is 2. The zero-order valence-corrected chi connectivity index (χ0v) is 17.1. The SMILES string of the molecule is C=CCC(CC=CCCCCCCCCC)(C(=O)OCC)C(=O)OCC. The monoisotopic (exact) mass is 366 g/mol. The fraction of sp³-hybridized carbons (Fsp3) is 0.727. The maximum absolute atomic E-state index is 12.5. The maximum atomic E-state index is 12.5. The zero-order valence-electron chi connectivity index (χ0n) is 17.1. The first kappa shape index (κ1) is 24.4. The average Bonchev–Trinajstić information content (AvgIpc) is 2.62. The topological polar surface area (TPSA) is 52.6 Å². The van der Waals surface area contributed by atoms with E-state index in [1.807, 2.05) is 6.08 Å². The number of hydrogen-bond donors (Lipinski definition) is 0. The Bertz CT molecular complexity index is 408. The minimum absolute atomic E-state index is 0.215. The zero-order chi connectivity index (χ0) is 19.7. The summed E-state index contributed by atoms with van der Waals surface area (Å²) in [4.78, 5) is 24.9. The second-order valence-corrected chi connectivity index (χ2v) is 6.60. The summed E-state index contributed by atoms with van der Waals surface area (Å²) < 4.78 is 10.3. The van der Waals surface area contributed by atoms with E-state index in [2.05, 4.69) is 19.6 Å². The number of unbranched alkanes of at least 4 members (excludes halogenated alkanes) is 7. The van der Waals surface area contributed by atoms with Crippen molar-refractivity contribution >= 4 is 11.9 Å². The molecule has 4 nitrogen and oxygen atoms in total. The lowest BCUT2D eigenvalue weighted by Gasteiger charge is -2.26. The second-order valence-electron chi connectivity index (χ2n) is 6.60. The van der Waals surface area contributed by atoms with Gasteiger partial charge in [-0.3, -0.25) is 9.59 Å². The van der Waals surface area contributed by atoms with Crippen LogP contribution in [-0.4, -0.2) is 25.2 Å². The summed E-state index contributed by atoms with van der Waals surface area (Å²) in [5, 5.41) is 0. The van der Waals surface area contributed by atoms with E-state index in [4.69, 9.17) is 9.47 Å². The van der Waals surface area contributed by atoms with Gasteiger partial charge in [0, 0.05) is 0 Å². The molecule has 0 aliphatic rings. The summed E-state index contributed by atoms with van der Waals surface area (Å²) in [7, 11) is 0. The Morgan fingerprint density at radius 2 is 1.35 bits per heavy atom. The van der Waals surface area contributed by atoms with Crippen LogP contribution >= 0.6 is 0 Å². The van der Waals surface area contributed by atoms with Crippen molar-refractivity contribution in [1.82, 2.24) is 0 Å². The van der Waals surface area contributed by atoms with Gasteiger partial charge in [-0.2, -0.15) is 0 Å². The molecule has 0 N–H and O–H groups in total. The number of hydrogen-bond acceptors (Lipinski definition) is 4. The molecule has 0 amide bonds. The van der Waals surface area contributed by atoms with Crippen LogP contribution in [0.2, 0.25) is 0 Å². The predicted molar refractivity (Wildman–Crippen MR) is 107 cm³/mol. The molecule has 0 aliphatic carbocycles. The van der Waals surface area contributed by atoms with Crippen molar-refractivity contribution in [2.24, 2.45) is 5.41 Å². The van der Waals surface area contributed by atoms with E-state index in [-0.39, 0.29) is 26.1 Å². The van der Waals surface area contributed by atoms with Crippen molar-refractivity contribution in [3.63, 3.8) is 0 Å². The van der Waals surface area contributed by atoms with E-state index >= 15 is 0 Å². The van der Waals surface area contributed by atoms with Crippen molar-refractivity contribution in [3.8, 4) is 0 Å². The van der Waals surface area contributed by atoms with Gasteiger partial charge in [0.05, 0.1) is 13.2 Å². The predicted octanol–water partition coefficient (Wildman–Crippen LogP) is 5.76. The highest BCUT2D eigenvalue weighted by Crippen LogP contribution is 2.32. The quantitative estimate of drug-likeness (QED) is 0.151. The van der Waals surface area contributed by atoms with Crippen LogP contribution in [0.4, 0.5) is 0 Å². The van der Waals surface area contributed by atoms with E-state index in [9.17, 15) is 9.59 Å². The van der Waals surface area contributed by atoms with Crippen LogP contribution in [0.25, 0.3) is 0 Å². The van der Waals surface area contributed by atoms with Gasteiger partial charge in [0.25, 0.3) is 0 Å². The Hall–Kier alpha value is -1.58. The third-order valence-corrected chi connectivity index (χ3v) is 4.43. The van der Waals surface area contributed by atoms with Crippen LogP contribution in [0.1, 0.15) is 85.0 Å². The first-order valence-electron chi connectivity index (χ1n) is 10.2. The average molecular weight is 367 g/mol. The standard InChI is InChI=1S/C22H38O4/c1-5-9-10-11-12-13-14-15-16-17-19-22(18-6-2,20(23)25-7-3)21(24)26-8-4/h6,16-17H,2,5,7-15,18-19H2,1,3-4H3. The summed E-state index contributed by atoms with van der Waals surface area (Å²) in [6, 6.07) is 0. The number of ether oxygens (including phenoxy) is 2. The van der Waals surface area contributed by atoms with Crippen LogP contribution in [0.5, 0.6) is 0 Å². The molecule has 0 bridgehead atoms. The summed E-state index contributed by atoms with van der Waals surface area (Å²) in [6.45, 7) is 9.85. The van der Waals surface area contributed by atoms with E-state index in [0.29, 0.717) is 0 Å². The second kappa shape index (κ2) is 15.7. The smallest absolute Gasteiger partial charge is 0.324 e. The minimum Gasteiger partial charge on any atom is -0.465 e. The third kappa shape index (κ3) is 9.21. The summed E-state index contributed by atoms with van der Waals surface area (Å²) >= 11 is 0. The van der Waals surface area contributed by atoms with Gasteiger partial charge < -0.3 is 9.47 Å². The van der Waals surface area contributed by atoms with Gasteiger partial charge in [0.15, 0.2) is 5.41 Å². The highest BCUT2D eigenvalue weighted by molar-refractivity contribution is 6.00. The van der Waals surface area contributed by atoms with Crippen molar-refractivity contribution in [1.29, 1.82) is 0 Å². The highest BCUT2D eigenvalue weighted by atomic mass is 16.6. The molecule has 0 heterocycles. The van der Waals surface area contributed by atoms with E-state index in [1.54, 1.807) is 19.9 Å². The molecule has 0 aromatic heterocycles. The molecular formula is C22H38O4. The Morgan fingerprint density at radius 1 is 0.808 bits per heavy atom. The van der Waals surface area contributed by atoms with Crippen LogP contribution in [-0.2, 0) is 19.1 Å². The number of rotatable bonds is 16. The van der Waals surface area contributed by atoms with Crippen molar-refractivity contribution < 1.29 is 19.1 Å². The van der Waals surface area contributed by atoms with Crippen LogP contribution < -0.4 is 0 Å². The molecule has 26 heavy (non-hydrogen) atoms. The van der Waals surface area contributed by atoms with Gasteiger partial charge in [0.2, 0.25) is 0 Å². The lowest BCUT2D eigenvalue weighted by atomic mass is 9.80. The molecule has 0 radical (unpaired) electrons. The van der Waals surface area contributed by atoms with Crippen LogP contribution in [0.3, 0.4) is 0 Å². The molecule has 0 atom stereocenters. The molecule has 0 aliphatic heterocycles. The lowest BCUT2D eigenvalue weighted by molar-refractivity contribution is -0.171. The van der Waals surface area contributed by atoms with E-state index in [1.165, 1.54) is 38.5 Å². The van der Waals surface area contributed by atoms with E-state index in [0.717, 1.165) is 12.8 Å². The highest BCUT2D eigenvalue weighted by Gasteiger charge is 2.46. The van der Waals surface area contributed by atoms with Gasteiger partial charge in [0.1, 0.15) is 0 Å². The van der Waals surface area contributed by atoms with Crippen molar-refractivity contribution in [3.05, 3.63) is 24.8 Å². The Morgan fingerprint density at radius 3 is 1.85 bits per heavy atom. The number of carbonyl (C=O) groups excluding carboxylic acids is 2. The van der Waals surface area contributed by atoms with Gasteiger partial charge in [-0.15, -0.1) is 6.58 Å². The van der Waals surface area contributed by atoms with Gasteiger partial charge in [-0.25, -0.2) is 0 Å². The molecule has 0 aromatic rings. The largest absolute Gasteiger partial charge is 0.465 e. The molecule has 0 rings (SSSR count). The lowest BCUT2D eigenvalue weighted by Crippen LogP contribution is -2.41. The third-order valence-electron chi connectivity index (χ3n) is 4.43. The van der Waals surface area contributed by atoms with Crippen molar-refractivity contribution in [2.45, 2.75) is 85.0 Å². The molecule has 0 fully saturated rings. The summed E-state index contributed by atoms with van der Waals surface area (Å²) in [6.07, 6.45) is 15.9. The first-order valence-corrected chi connectivity index (χ1v) is 10.2. The maximum Gasteiger partial charge on any atom is 0.324 e. The van der Waals surface area contributed by atoms with Crippen molar-refractivity contribution in [2.75, 3.05) is 13.2 Å². The minimum atomic E-state index is -1.32. The molecule has 0 saturated heterocycles.